The second-order valence-electron chi connectivity index (χ2n) is 4.89. The maximum absolute atomic E-state index is 5.65. The van der Waals surface area contributed by atoms with E-state index < -0.39 is 0 Å². The molecule has 1 aromatic heterocycles. The van der Waals surface area contributed by atoms with Gasteiger partial charge in [0.15, 0.2) is 0 Å². The zero-order valence-electron chi connectivity index (χ0n) is 11.8. The summed E-state index contributed by atoms with van der Waals surface area (Å²) >= 11 is 0. The zero-order chi connectivity index (χ0) is 12.7. The lowest BCUT2D eigenvalue weighted by molar-refractivity contribution is 0.327. The fourth-order valence-corrected chi connectivity index (χ4v) is 2.30. The van der Waals surface area contributed by atoms with Gasteiger partial charge in [0.25, 0.3) is 0 Å². The van der Waals surface area contributed by atoms with Gasteiger partial charge in [-0.3, -0.25) is 0 Å². The van der Waals surface area contributed by atoms with Crippen LogP contribution in [0.1, 0.15) is 63.8 Å². The average Bonchev–Trinajstić information content (AvgIpc) is 2.76. The second-order valence-corrected chi connectivity index (χ2v) is 4.89. The van der Waals surface area contributed by atoms with Crippen LogP contribution in [0.3, 0.4) is 0 Å². The molecule has 1 atom stereocenters. The maximum atomic E-state index is 5.65. The fourth-order valence-electron chi connectivity index (χ4n) is 2.30. The Balaban J connectivity index is 2.70. The summed E-state index contributed by atoms with van der Waals surface area (Å²) in [5.74, 6) is 1.92. The summed E-state index contributed by atoms with van der Waals surface area (Å²) in [5, 5.41) is 3.62. The predicted octanol–water partition coefficient (Wildman–Crippen LogP) is 4.46. The number of hydrogen-bond acceptors (Lipinski definition) is 2. The smallest absolute Gasteiger partial charge is 0.123 e. The van der Waals surface area contributed by atoms with Crippen LogP contribution < -0.4 is 5.32 Å². The SMILES string of the molecule is CCCNC(CC(CC)CC)c1occc1C. The molecule has 0 aliphatic carbocycles. The number of aryl methyl sites for hydroxylation is 1. The minimum Gasteiger partial charge on any atom is -0.467 e. The van der Waals surface area contributed by atoms with Crippen LogP contribution in [0.15, 0.2) is 16.7 Å². The average molecular weight is 237 g/mol. The van der Waals surface area contributed by atoms with E-state index in [-0.39, 0.29) is 0 Å². The zero-order valence-corrected chi connectivity index (χ0v) is 11.8. The van der Waals surface area contributed by atoms with Crippen molar-refractivity contribution in [3.63, 3.8) is 0 Å². The largest absolute Gasteiger partial charge is 0.467 e. The van der Waals surface area contributed by atoms with Crippen molar-refractivity contribution in [3.05, 3.63) is 23.7 Å². The molecule has 0 bridgehead atoms. The van der Waals surface area contributed by atoms with Crippen molar-refractivity contribution >= 4 is 0 Å². The van der Waals surface area contributed by atoms with Crippen molar-refractivity contribution in [1.82, 2.24) is 5.32 Å². The predicted molar refractivity (Wildman–Crippen MR) is 73.2 cm³/mol. The van der Waals surface area contributed by atoms with E-state index in [9.17, 15) is 0 Å². The van der Waals surface area contributed by atoms with Crippen LogP contribution in [0.2, 0.25) is 0 Å². The normalized spacial score (nSPS) is 13.2. The molecule has 17 heavy (non-hydrogen) atoms. The van der Waals surface area contributed by atoms with E-state index in [0.29, 0.717) is 6.04 Å². The molecule has 0 spiro atoms. The highest BCUT2D eigenvalue weighted by molar-refractivity contribution is 5.18. The van der Waals surface area contributed by atoms with E-state index in [1.54, 1.807) is 6.26 Å². The summed E-state index contributed by atoms with van der Waals surface area (Å²) in [5.41, 5.74) is 1.27. The lowest BCUT2D eigenvalue weighted by Crippen LogP contribution is -2.24. The maximum Gasteiger partial charge on any atom is 0.123 e. The van der Waals surface area contributed by atoms with Gasteiger partial charge in [0.1, 0.15) is 5.76 Å². The number of furan rings is 1. The van der Waals surface area contributed by atoms with Crippen molar-refractivity contribution in [2.24, 2.45) is 5.92 Å². The quantitative estimate of drug-likeness (QED) is 0.722. The van der Waals surface area contributed by atoms with Gasteiger partial charge in [-0.25, -0.2) is 0 Å². The Labute approximate surface area is 106 Å². The van der Waals surface area contributed by atoms with Gasteiger partial charge < -0.3 is 9.73 Å². The first kappa shape index (κ1) is 14.3. The van der Waals surface area contributed by atoms with Gasteiger partial charge in [0.05, 0.1) is 12.3 Å². The Morgan fingerprint density at radius 2 is 1.94 bits per heavy atom. The molecule has 1 N–H and O–H groups in total. The molecule has 0 aromatic carbocycles. The Morgan fingerprint density at radius 1 is 1.24 bits per heavy atom. The molecule has 1 aromatic rings. The summed E-state index contributed by atoms with van der Waals surface area (Å²) in [4.78, 5) is 0. The first-order chi connectivity index (χ1) is 8.22. The van der Waals surface area contributed by atoms with E-state index in [1.807, 2.05) is 0 Å². The molecule has 1 rings (SSSR count). The van der Waals surface area contributed by atoms with E-state index in [4.69, 9.17) is 4.42 Å². The Kier molecular flexibility index (Phi) is 6.35. The molecule has 1 unspecified atom stereocenters. The fraction of sp³-hybridized carbons (Fsp3) is 0.733. The van der Waals surface area contributed by atoms with Crippen LogP contribution >= 0.6 is 0 Å². The third-order valence-corrected chi connectivity index (χ3v) is 3.58. The molecular formula is C15H27NO. The van der Waals surface area contributed by atoms with Crippen LogP contribution in [0.25, 0.3) is 0 Å². The summed E-state index contributed by atoms with van der Waals surface area (Å²) < 4.78 is 5.65. The van der Waals surface area contributed by atoms with Crippen LogP contribution in [0, 0.1) is 12.8 Å². The summed E-state index contributed by atoms with van der Waals surface area (Å²) in [6.45, 7) is 9.95. The summed E-state index contributed by atoms with van der Waals surface area (Å²) in [6, 6.07) is 2.44. The lowest BCUT2D eigenvalue weighted by atomic mass is 9.92. The van der Waals surface area contributed by atoms with Gasteiger partial charge in [-0.1, -0.05) is 33.6 Å². The third-order valence-electron chi connectivity index (χ3n) is 3.58. The summed E-state index contributed by atoms with van der Waals surface area (Å²) in [6.07, 6.45) is 6.65. The highest BCUT2D eigenvalue weighted by Gasteiger charge is 2.19. The molecule has 0 amide bonds. The highest BCUT2D eigenvalue weighted by Crippen LogP contribution is 2.27. The monoisotopic (exact) mass is 237 g/mol. The molecule has 0 radical (unpaired) electrons. The Bertz CT molecular complexity index is 302. The van der Waals surface area contributed by atoms with Crippen LogP contribution in [0.4, 0.5) is 0 Å². The molecule has 0 saturated heterocycles. The Morgan fingerprint density at radius 3 is 2.41 bits per heavy atom. The van der Waals surface area contributed by atoms with E-state index in [2.05, 4.69) is 39.1 Å². The van der Waals surface area contributed by atoms with Crippen LogP contribution in [0.5, 0.6) is 0 Å². The van der Waals surface area contributed by atoms with Crippen molar-refractivity contribution < 1.29 is 4.42 Å². The van der Waals surface area contributed by atoms with Gasteiger partial charge in [-0.2, -0.15) is 0 Å². The molecule has 2 heteroatoms. The minimum absolute atomic E-state index is 0.384. The van der Waals surface area contributed by atoms with Gasteiger partial charge in [-0.15, -0.1) is 0 Å². The number of nitrogens with one attached hydrogen (secondary N) is 1. The molecule has 0 aliphatic heterocycles. The van der Waals surface area contributed by atoms with Crippen molar-refractivity contribution in [2.75, 3.05) is 6.54 Å². The highest BCUT2D eigenvalue weighted by atomic mass is 16.3. The topological polar surface area (TPSA) is 25.2 Å². The standard InChI is InChI=1S/C15H27NO/c1-5-9-16-14(11-13(6-2)7-3)15-12(4)8-10-17-15/h8,10,13-14,16H,5-7,9,11H2,1-4H3. The second kappa shape index (κ2) is 7.54. The number of rotatable bonds is 8. The first-order valence-electron chi connectivity index (χ1n) is 7.00. The molecule has 98 valence electrons. The first-order valence-corrected chi connectivity index (χ1v) is 7.00. The summed E-state index contributed by atoms with van der Waals surface area (Å²) in [7, 11) is 0. The van der Waals surface area contributed by atoms with E-state index in [1.165, 1.54) is 31.2 Å². The van der Waals surface area contributed by atoms with Gasteiger partial charge >= 0.3 is 0 Å². The minimum atomic E-state index is 0.384. The Hall–Kier alpha value is -0.760. The molecule has 1 heterocycles. The van der Waals surface area contributed by atoms with Crippen LogP contribution in [-0.4, -0.2) is 6.54 Å². The molecule has 0 saturated carbocycles. The molecule has 0 fully saturated rings. The van der Waals surface area contributed by atoms with Crippen LogP contribution in [-0.2, 0) is 0 Å². The molecule has 0 aliphatic rings. The third kappa shape index (κ3) is 4.19. The van der Waals surface area contributed by atoms with Crippen molar-refractivity contribution in [3.8, 4) is 0 Å². The van der Waals surface area contributed by atoms with E-state index >= 15 is 0 Å². The van der Waals surface area contributed by atoms with Crippen molar-refractivity contribution in [2.45, 2.75) is 59.4 Å². The number of hydrogen-bond donors (Lipinski definition) is 1. The van der Waals surface area contributed by atoms with Crippen molar-refractivity contribution in [1.29, 1.82) is 0 Å². The molecular weight excluding hydrogens is 210 g/mol. The van der Waals surface area contributed by atoms with E-state index in [0.717, 1.165) is 18.2 Å². The van der Waals surface area contributed by atoms with Gasteiger partial charge in [0, 0.05) is 0 Å². The lowest BCUT2D eigenvalue weighted by Gasteiger charge is -2.22. The van der Waals surface area contributed by atoms with Gasteiger partial charge in [0.2, 0.25) is 0 Å². The van der Waals surface area contributed by atoms with Gasteiger partial charge in [-0.05, 0) is 43.9 Å². The molecule has 2 nitrogen and oxygen atoms in total.